The minimum absolute atomic E-state index is 1.00. The van der Waals surface area contributed by atoms with Gasteiger partial charge in [-0.3, -0.25) is 0 Å². The molecule has 1 heterocycles. The maximum absolute atomic E-state index is 3.46. The van der Waals surface area contributed by atoms with Gasteiger partial charge in [0.1, 0.15) is 0 Å². The third-order valence-electron chi connectivity index (χ3n) is 4.91. The molecule has 0 aromatic heterocycles. The Kier molecular flexibility index (Phi) is 6.50. The van der Waals surface area contributed by atoms with Gasteiger partial charge in [-0.25, -0.2) is 0 Å². The highest BCUT2D eigenvalue weighted by molar-refractivity contribution is 4.71. The Morgan fingerprint density at radius 3 is 2.39 bits per heavy atom. The van der Waals surface area contributed by atoms with E-state index >= 15 is 0 Å². The Morgan fingerprint density at radius 2 is 1.67 bits per heavy atom. The van der Waals surface area contributed by atoms with Gasteiger partial charge in [0.25, 0.3) is 0 Å². The fourth-order valence-corrected chi connectivity index (χ4v) is 3.72. The lowest BCUT2D eigenvalue weighted by Crippen LogP contribution is -2.30. The van der Waals surface area contributed by atoms with Gasteiger partial charge in [-0.15, -0.1) is 0 Å². The Hall–Kier alpha value is -0.0800. The van der Waals surface area contributed by atoms with Crippen LogP contribution in [-0.4, -0.2) is 38.1 Å². The molecule has 0 amide bonds. The van der Waals surface area contributed by atoms with Crippen LogP contribution in [0.3, 0.4) is 0 Å². The molecule has 2 nitrogen and oxygen atoms in total. The monoisotopic (exact) mass is 252 g/mol. The Morgan fingerprint density at radius 1 is 0.944 bits per heavy atom. The van der Waals surface area contributed by atoms with Crippen molar-refractivity contribution in [1.29, 1.82) is 0 Å². The van der Waals surface area contributed by atoms with Crippen molar-refractivity contribution in [3.8, 4) is 0 Å². The predicted octanol–water partition coefficient (Wildman–Crippen LogP) is 3.28. The van der Waals surface area contributed by atoms with Gasteiger partial charge in [-0.1, -0.05) is 19.3 Å². The molecule has 0 bridgehead atoms. The third-order valence-corrected chi connectivity index (χ3v) is 4.91. The smallest absolute Gasteiger partial charge is 0.000661 e. The maximum Gasteiger partial charge on any atom is 0.000661 e. The van der Waals surface area contributed by atoms with Gasteiger partial charge in [0.15, 0.2) is 0 Å². The van der Waals surface area contributed by atoms with Gasteiger partial charge in [0.05, 0.1) is 0 Å². The van der Waals surface area contributed by atoms with Crippen LogP contribution in [0.1, 0.15) is 57.8 Å². The first-order valence-electron chi connectivity index (χ1n) is 8.24. The van der Waals surface area contributed by atoms with Gasteiger partial charge in [-0.2, -0.15) is 0 Å². The van der Waals surface area contributed by atoms with Crippen LogP contribution in [0.2, 0.25) is 0 Å². The molecule has 1 saturated carbocycles. The molecule has 18 heavy (non-hydrogen) atoms. The Bertz CT molecular complexity index is 205. The molecular weight excluding hydrogens is 220 g/mol. The molecule has 0 unspecified atom stereocenters. The zero-order valence-corrected chi connectivity index (χ0v) is 12.3. The zero-order valence-electron chi connectivity index (χ0n) is 12.3. The fraction of sp³-hybridized carbons (Fsp3) is 1.00. The van der Waals surface area contributed by atoms with Crippen molar-refractivity contribution in [2.45, 2.75) is 57.8 Å². The van der Waals surface area contributed by atoms with E-state index < -0.39 is 0 Å². The number of nitrogens with zero attached hydrogens (tertiary/aromatic N) is 1. The number of piperidine rings is 1. The lowest BCUT2D eigenvalue weighted by Gasteiger charge is -2.28. The lowest BCUT2D eigenvalue weighted by atomic mass is 9.89. The van der Waals surface area contributed by atoms with E-state index in [0.717, 1.165) is 11.8 Å². The van der Waals surface area contributed by atoms with E-state index in [-0.39, 0.29) is 0 Å². The molecule has 0 radical (unpaired) electrons. The molecular formula is C16H32N2. The van der Waals surface area contributed by atoms with E-state index in [9.17, 15) is 0 Å². The third kappa shape index (κ3) is 5.27. The molecule has 0 atom stereocenters. The summed E-state index contributed by atoms with van der Waals surface area (Å²) in [5, 5.41) is 3.46. The second-order valence-electron chi connectivity index (χ2n) is 6.60. The molecule has 0 spiro atoms. The summed E-state index contributed by atoms with van der Waals surface area (Å²) in [5.41, 5.74) is 0. The first kappa shape index (κ1) is 14.3. The van der Waals surface area contributed by atoms with E-state index in [1.807, 2.05) is 0 Å². The molecule has 2 rings (SSSR count). The van der Waals surface area contributed by atoms with Crippen LogP contribution >= 0.6 is 0 Å². The minimum atomic E-state index is 1.00. The topological polar surface area (TPSA) is 15.3 Å². The summed E-state index contributed by atoms with van der Waals surface area (Å²) >= 11 is 0. The molecule has 0 aromatic rings. The van der Waals surface area contributed by atoms with Gasteiger partial charge in [-0.05, 0) is 77.0 Å². The average molecular weight is 252 g/mol. The van der Waals surface area contributed by atoms with E-state index in [1.54, 1.807) is 0 Å². The van der Waals surface area contributed by atoms with Crippen molar-refractivity contribution in [1.82, 2.24) is 10.2 Å². The van der Waals surface area contributed by atoms with Crippen LogP contribution in [0.4, 0.5) is 0 Å². The summed E-state index contributed by atoms with van der Waals surface area (Å²) < 4.78 is 0. The van der Waals surface area contributed by atoms with Crippen LogP contribution in [-0.2, 0) is 0 Å². The van der Waals surface area contributed by atoms with Crippen molar-refractivity contribution in [2.24, 2.45) is 11.8 Å². The van der Waals surface area contributed by atoms with Gasteiger partial charge < -0.3 is 10.2 Å². The quantitative estimate of drug-likeness (QED) is 0.780. The summed E-state index contributed by atoms with van der Waals surface area (Å²) in [6.07, 6.45) is 13.1. The molecule has 2 fully saturated rings. The van der Waals surface area contributed by atoms with Crippen LogP contribution in [0.5, 0.6) is 0 Å². The van der Waals surface area contributed by atoms with E-state index in [4.69, 9.17) is 0 Å². The second kappa shape index (κ2) is 8.16. The number of hydrogen-bond acceptors (Lipinski definition) is 2. The highest BCUT2D eigenvalue weighted by Crippen LogP contribution is 2.24. The molecule has 2 aliphatic rings. The normalized spacial score (nSPS) is 23.7. The molecule has 1 aliphatic heterocycles. The van der Waals surface area contributed by atoms with Crippen LogP contribution in [0, 0.1) is 11.8 Å². The van der Waals surface area contributed by atoms with Gasteiger partial charge in [0.2, 0.25) is 0 Å². The molecule has 1 N–H and O–H groups in total. The van der Waals surface area contributed by atoms with Gasteiger partial charge >= 0.3 is 0 Å². The molecule has 1 aliphatic carbocycles. The van der Waals surface area contributed by atoms with Gasteiger partial charge in [0, 0.05) is 6.54 Å². The summed E-state index contributed by atoms with van der Waals surface area (Å²) in [6.45, 7) is 5.18. The zero-order chi connectivity index (χ0) is 12.6. The van der Waals surface area contributed by atoms with Crippen molar-refractivity contribution in [3.05, 3.63) is 0 Å². The van der Waals surface area contributed by atoms with Crippen molar-refractivity contribution in [3.63, 3.8) is 0 Å². The fourth-order valence-electron chi connectivity index (χ4n) is 3.72. The number of nitrogens with one attached hydrogen (secondary N) is 1. The van der Waals surface area contributed by atoms with Crippen LogP contribution in [0.25, 0.3) is 0 Å². The Balaban J connectivity index is 1.52. The first-order chi connectivity index (χ1) is 8.84. The first-order valence-corrected chi connectivity index (χ1v) is 8.24. The lowest BCUT2D eigenvalue weighted by molar-refractivity contribution is 0.223. The van der Waals surface area contributed by atoms with Crippen molar-refractivity contribution >= 4 is 0 Å². The predicted molar refractivity (Wildman–Crippen MR) is 78.9 cm³/mol. The standard InChI is InChI=1S/C16H32N2/c1-18(14-16-6-3-2-4-7-16)13-5-8-15-9-11-17-12-10-15/h15-17H,2-14H2,1H3. The summed E-state index contributed by atoms with van der Waals surface area (Å²) in [4.78, 5) is 2.59. The van der Waals surface area contributed by atoms with E-state index in [0.29, 0.717) is 0 Å². The second-order valence-corrected chi connectivity index (χ2v) is 6.60. The largest absolute Gasteiger partial charge is 0.317 e. The highest BCUT2D eigenvalue weighted by atomic mass is 15.1. The summed E-state index contributed by atoms with van der Waals surface area (Å²) in [7, 11) is 2.33. The van der Waals surface area contributed by atoms with Crippen LogP contribution in [0.15, 0.2) is 0 Å². The summed E-state index contributed by atoms with van der Waals surface area (Å²) in [5.74, 6) is 2.01. The van der Waals surface area contributed by atoms with E-state index in [2.05, 4.69) is 17.3 Å². The molecule has 0 aromatic carbocycles. The minimum Gasteiger partial charge on any atom is -0.317 e. The Labute approximate surface area is 114 Å². The maximum atomic E-state index is 3.46. The van der Waals surface area contributed by atoms with Crippen molar-refractivity contribution < 1.29 is 0 Å². The van der Waals surface area contributed by atoms with Crippen molar-refractivity contribution in [2.75, 3.05) is 33.2 Å². The number of hydrogen-bond donors (Lipinski definition) is 1. The summed E-state index contributed by atoms with van der Waals surface area (Å²) in [6, 6.07) is 0. The molecule has 106 valence electrons. The number of rotatable bonds is 6. The average Bonchev–Trinajstić information content (AvgIpc) is 2.41. The molecule has 2 heteroatoms. The SMILES string of the molecule is CN(CCCC1CCNCC1)CC1CCCCC1. The molecule has 1 saturated heterocycles. The van der Waals surface area contributed by atoms with E-state index in [1.165, 1.54) is 84.0 Å². The van der Waals surface area contributed by atoms with Crippen LogP contribution < -0.4 is 5.32 Å². The highest BCUT2D eigenvalue weighted by Gasteiger charge is 2.16.